The molecule has 0 aliphatic heterocycles. The Labute approximate surface area is 45.8 Å². The zero-order chi connectivity index (χ0) is 5.15. The van der Waals surface area contributed by atoms with Gasteiger partial charge in [0.1, 0.15) is 11.1 Å². The van der Waals surface area contributed by atoms with Crippen LogP contribution in [0.25, 0.3) is 0 Å². The van der Waals surface area contributed by atoms with Crippen molar-refractivity contribution in [3.05, 3.63) is 0 Å². The average Bonchev–Trinajstić information content (AvgIpc) is 1.36. The van der Waals surface area contributed by atoms with Crippen molar-refractivity contribution >= 4 is 23.2 Å². The van der Waals surface area contributed by atoms with Crippen LogP contribution in [-0.4, -0.2) is 16.2 Å². The summed E-state index contributed by atoms with van der Waals surface area (Å²) < 4.78 is 0. The van der Waals surface area contributed by atoms with Crippen molar-refractivity contribution in [1.29, 1.82) is 0 Å². The third-order valence-corrected chi connectivity index (χ3v) is 0.774. The lowest BCUT2D eigenvalue weighted by Gasteiger charge is -2.00. The molecule has 2 nitrogen and oxygen atoms in total. The van der Waals surface area contributed by atoms with Crippen molar-refractivity contribution in [1.82, 2.24) is 0 Å². The molecule has 38 valence electrons. The first kappa shape index (κ1) is 6.50. The second kappa shape index (κ2) is 2.64. The van der Waals surface area contributed by atoms with Crippen LogP contribution in [0.2, 0.25) is 0 Å². The van der Waals surface area contributed by atoms with E-state index in [-0.39, 0.29) is 0 Å². The smallest absolute Gasteiger partial charge is 0.146 e. The summed E-state index contributed by atoms with van der Waals surface area (Å²) in [6.07, 6.45) is -1.12. The molecule has 1 unspecified atom stereocenters. The number of aliphatic hydroxyl groups excluding tert-OH is 1. The van der Waals surface area contributed by atoms with Crippen molar-refractivity contribution in [3.63, 3.8) is 0 Å². The van der Waals surface area contributed by atoms with Gasteiger partial charge in [0.05, 0.1) is 0 Å². The molecule has 0 radical (unpaired) electrons. The van der Waals surface area contributed by atoms with Crippen LogP contribution in [-0.2, 0) is 0 Å². The van der Waals surface area contributed by atoms with Gasteiger partial charge in [-0.05, 0) is 0 Å². The Kier molecular flexibility index (Phi) is 2.86. The summed E-state index contributed by atoms with van der Waals surface area (Å²) in [4.78, 5) is -0.870. The zero-order valence-electron chi connectivity index (χ0n) is 2.94. The van der Waals surface area contributed by atoms with E-state index in [1.165, 1.54) is 0 Å². The number of rotatable bonds is 1. The number of hydrogen-bond donors (Lipinski definition) is 2. The minimum atomic E-state index is -1.12. The molecular formula is C2H5Cl2NO. The summed E-state index contributed by atoms with van der Waals surface area (Å²) in [6.45, 7) is 0. The molecule has 0 aromatic rings. The lowest BCUT2D eigenvalue weighted by molar-refractivity contribution is 0.197. The van der Waals surface area contributed by atoms with E-state index in [9.17, 15) is 0 Å². The van der Waals surface area contributed by atoms with E-state index in [1.54, 1.807) is 0 Å². The Morgan fingerprint density at radius 1 is 1.50 bits per heavy atom. The molecular weight excluding hydrogens is 125 g/mol. The van der Waals surface area contributed by atoms with Crippen molar-refractivity contribution < 1.29 is 5.11 Å². The molecule has 4 heteroatoms. The first-order chi connectivity index (χ1) is 2.64. The number of alkyl halides is 2. The van der Waals surface area contributed by atoms with Gasteiger partial charge in [-0.1, -0.05) is 0 Å². The lowest BCUT2D eigenvalue weighted by atomic mass is 10.7. The highest BCUT2D eigenvalue weighted by molar-refractivity contribution is 6.44. The van der Waals surface area contributed by atoms with Gasteiger partial charge in [-0.2, -0.15) is 0 Å². The second-order valence-electron chi connectivity index (χ2n) is 0.825. The number of halogens is 2. The van der Waals surface area contributed by atoms with Crippen LogP contribution in [0.4, 0.5) is 0 Å². The van der Waals surface area contributed by atoms with Crippen LogP contribution in [0, 0.1) is 0 Å². The van der Waals surface area contributed by atoms with Crippen LogP contribution in [0.15, 0.2) is 0 Å². The molecule has 0 saturated heterocycles. The van der Waals surface area contributed by atoms with E-state index in [0.29, 0.717) is 0 Å². The highest BCUT2D eigenvalue weighted by atomic mass is 35.5. The maximum absolute atomic E-state index is 8.14. The highest BCUT2D eigenvalue weighted by Crippen LogP contribution is 2.01. The average molecular weight is 130 g/mol. The first-order valence-corrected chi connectivity index (χ1v) is 2.23. The van der Waals surface area contributed by atoms with E-state index in [4.69, 9.17) is 34.0 Å². The fourth-order valence-corrected chi connectivity index (χ4v) is 0. The fraction of sp³-hybridized carbons (Fsp3) is 1.00. The van der Waals surface area contributed by atoms with E-state index in [0.717, 1.165) is 0 Å². The summed E-state index contributed by atoms with van der Waals surface area (Å²) >= 11 is 10.0. The molecule has 0 fully saturated rings. The Morgan fingerprint density at radius 3 is 1.67 bits per heavy atom. The molecule has 0 aliphatic carbocycles. The minimum Gasteiger partial charge on any atom is -0.376 e. The summed E-state index contributed by atoms with van der Waals surface area (Å²) in [6, 6.07) is 0. The van der Waals surface area contributed by atoms with Crippen molar-refractivity contribution in [3.8, 4) is 0 Å². The van der Waals surface area contributed by atoms with Gasteiger partial charge in [0.15, 0.2) is 0 Å². The second-order valence-corrected chi connectivity index (χ2v) is 1.99. The summed E-state index contributed by atoms with van der Waals surface area (Å²) in [7, 11) is 0. The van der Waals surface area contributed by atoms with Gasteiger partial charge >= 0.3 is 0 Å². The van der Waals surface area contributed by atoms with Crippen LogP contribution >= 0.6 is 23.2 Å². The Morgan fingerprint density at radius 2 is 1.67 bits per heavy atom. The zero-order valence-corrected chi connectivity index (χ0v) is 4.45. The number of hydrogen-bond acceptors (Lipinski definition) is 2. The molecule has 0 heterocycles. The quantitative estimate of drug-likeness (QED) is 0.389. The Bertz CT molecular complexity index is 32.5. The van der Waals surface area contributed by atoms with Gasteiger partial charge in [0.2, 0.25) is 0 Å². The SMILES string of the molecule is NC(O)C(Cl)Cl. The molecule has 3 N–H and O–H groups in total. The molecule has 0 spiro atoms. The molecule has 0 aliphatic rings. The van der Waals surface area contributed by atoms with E-state index in [2.05, 4.69) is 0 Å². The van der Waals surface area contributed by atoms with Gasteiger partial charge in [-0.3, -0.25) is 0 Å². The Hall–Kier alpha value is 0.500. The predicted molar refractivity (Wildman–Crippen MR) is 25.7 cm³/mol. The van der Waals surface area contributed by atoms with Crippen LogP contribution in [0.5, 0.6) is 0 Å². The molecule has 0 rings (SSSR count). The van der Waals surface area contributed by atoms with Gasteiger partial charge < -0.3 is 10.8 Å². The third kappa shape index (κ3) is 2.72. The molecule has 0 aromatic carbocycles. The molecule has 0 bridgehead atoms. The van der Waals surface area contributed by atoms with Crippen LogP contribution in [0.3, 0.4) is 0 Å². The largest absolute Gasteiger partial charge is 0.376 e. The van der Waals surface area contributed by atoms with E-state index < -0.39 is 11.1 Å². The van der Waals surface area contributed by atoms with Gasteiger partial charge in [0, 0.05) is 0 Å². The molecule has 0 aromatic heterocycles. The van der Waals surface area contributed by atoms with Gasteiger partial charge in [-0.25, -0.2) is 0 Å². The van der Waals surface area contributed by atoms with E-state index in [1.807, 2.05) is 0 Å². The highest BCUT2D eigenvalue weighted by Gasteiger charge is 2.03. The van der Waals surface area contributed by atoms with Crippen LogP contribution < -0.4 is 5.73 Å². The normalized spacial score (nSPS) is 15.5. The van der Waals surface area contributed by atoms with Crippen molar-refractivity contribution in [2.45, 2.75) is 11.1 Å². The number of aliphatic hydroxyl groups is 1. The van der Waals surface area contributed by atoms with Crippen molar-refractivity contribution in [2.24, 2.45) is 5.73 Å². The summed E-state index contributed by atoms with van der Waals surface area (Å²) in [5.41, 5.74) is 4.73. The van der Waals surface area contributed by atoms with Gasteiger partial charge in [0.25, 0.3) is 0 Å². The lowest BCUT2D eigenvalue weighted by Crippen LogP contribution is -2.25. The standard InChI is InChI=1S/C2H5Cl2NO/c3-1(4)2(5)6/h1-2,6H,5H2. The Balaban J connectivity index is 2.99. The van der Waals surface area contributed by atoms with Gasteiger partial charge in [-0.15, -0.1) is 23.2 Å². The predicted octanol–water partition coefficient (Wildman–Crippen LogP) is 0.0672. The third-order valence-electron chi connectivity index (χ3n) is 0.258. The maximum Gasteiger partial charge on any atom is 0.146 e. The minimum absolute atomic E-state index is 0.870. The molecule has 1 atom stereocenters. The maximum atomic E-state index is 8.14. The molecule has 6 heavy (non-hydrogen) atoms. The topological polar surface area (TPSA) is 46.2 Å². The molecule has 0 saturated carbocycles. The number of nitrogens with two attached hydrogens (primary N) is 1. The summed E-state index contributed by atoms with van der Waals surface area (Å²) in [5.74, 6) is 0. The first-order valence-electron chi connectivity index (χ1n) is 1.36. The molecule has 0 amide bonds. The van der Waals surface area contributed by atoms with Crippen molar-refractivity contribution in [2.75, 3.05) is 0 Å². The van der Waals surface area contributed by atoms with Crippen LogP contribution in [0.1, 0.15) is 0 Å². The monoisotopic (exact) mass is 129 g/mol. The fourth-order valence-electron chi connectivity index (χ4n) is 0. The van der Waals surface area contributed by atoms with E-state index >= 15 is 0 Å². The summed E-state index contributed by atoms with van der Waals surface area (Å²) in [5, 5.41) is 8.14.